The molecular weight excluding hydrogens is 1360 g/mol. The number of pyridine rings is 2. The molecule has 0 N–H and O–H groups in total. The molecule has 2 heterocycles. The Morgan fingerprint density at radius 3 is 0.661 bits per heavy atom. The van der Waals surface area contributed by atoms with Crippen LogP contribution < -0.4 is 0 Å². The van der Waals surface area contributed by atoms with Gasteiger partial charge in [0.05, 0.1) is 91.2 Å². The average molecular weight is 1490 g/mol. The number of aliphatic imine (C=N–C) groups is 6. The van der Waals surface area contributed by atoms with Gasteiger partial charge in [0, 0.05) is 16.5 Å². The first-order valence-electron chi connectivity index (χ1n) is 41.9. The normalized spacial score (nSPS) is 14.1. The molecule has 11 rings (SSSR count). The molecule has 0 saturated heterocycles. The highest BCUT2D eigenvalue weighted by Gasteiger charge is 2.31. The Labute approximate surface area is 673 Å². The minimum absolute atomic E-state index is 0.186. The fourth-order valence-corrected chi connectivity index (χ4v) is 16.2. The molecule has 8 aromatic carbocycles. The van der Waals surface area contributed by atoms with Crippen LogP contribution in [0, 0.1) is 0 Å². The van der Waals surface area contributed by atoms with Gasteiger partial charge in [-0.3, -0.25) is 20.0 Å². The summed E-state index contributed by atoms with van der Waals surface area (Å²) in [6.45, 7) is 63.4. The van der Waals surface area contributed by atoms with Crippen molar-refractivity contribution in [3.05, 3.63) is 281 Å². The lowest BCUT2D eigenvalue weighted by Gasteiger charge is -2.22. The van der Waals surface area contributed by atoms with E-state index in [-0.39, 0.29) is 47.3 Å². The topological polar surface area (TPSA) is 99.9 Å². The summed E-state index contributed by atoms with van der Waals surface area (Å²) in [4.78, 5) is 44.4. The highest BCUT2D eigenvalue weighted by Crippen LogP contribution is 2.46. The highest BCUT2D eigenvalue weighted by atomic mass is 14.9. The maximum absolute atomic E-state index is 6.05. The van der Waals surface area contributed by atoms with Gasteiger partial charge in [0.1, 0.15) is 0 Å². The van der Waals surface area contributed by atoms with E-state index >= 15 is 0 Å². The smallest absolute Gasteiger partial charge is 0.0979 e. The summed E-state index contributed by atoms with van der Waals surface area (Å²) in [5, 5.41) is 2.40. The first-order valence-corrected chi connectivity index (χ1v) is 41.9. The van der Waals surface area contributed by atoms with Gasteiger partial charge in [-0.15, -0.1) is 0 Å². The van der Waals surface area contributed by atoms with Gasteiger partial charge in [-0.05, 0) is 230 Å². The monoisotopic (exact) mass is 1490 g/mol. The van der Waals surface area contributed by atoms with Crippen LogP contribution in [-0.4, -0.2) is 44.2 Å². The SMILES string of the molecule is CC(=Nc1c(C(C)C)cccc1C(C)C)c1cccc(C(C)=Nc2c(C(C)C)cc(Cc3cc(C(C)C)c(N=C4C(=Nc5c(C(C)C)cc(Cc6cc(C(C)C)c(N=C(C)c7cccc(C(C)=Nc8c(C(C)C)cccc8C(C)C)n7)c(C(C)C)c6)cc5C(C)C)c5cccc6cccc4c56)c(C(C)C)c3)cc2C(C)C)n1. The highest BCUT2D eigenvalue weighted by molar-refractivity contribution is 6.61. The van der Waals surface area contributed by atoms with E-state index < -0.39 is 0 Å². The second-order valence-electron chi connectivity index (χ2n) is 35.5. The minimum atomic E-state index is 0.186. The molecule has 2 aromatic heterocycles. The third kappa shape index (κ3) is 18.0. The maximum Gasteiger partial charge on any atom is 0.0979 e. The van der Waals surface area contributed by atoms with Crippen molar-refractivity contribution in [2.24, 2.45) is 30.0 Å². The summed E-state index contributed by atoms with van der Waals surface area (Å²) in [5.41, 5.74) is 37.6. The Hall–Kier alpha value is -9.66. The van der Waals surface area contributed by atoms with Crippen LogP contribution in [0.4, 0.5) is 34.1 Å². The van der Waals surface area contributed by atoms with Crippen molar-refractivity contribution < 1.29 is 0 Å². The molecule has 0 bridgehead atoms. The second-order valence-corrected chi connectivity index (χ2v) is 35.5. The molecule has 582 valence electrons. The van der Waals surface area contributed by atoms with Crippen LogP contribution in [0.5, 0.6) is 0 Å². The average Bonchev–Trinajstić information content (AvgIpc) is 1.57. The van der Waals surface area contributed by atoms with Crippen molar-refractivity contribution in [2.45, 2.75) is 278 Å². The molecule has 0 amide bonds. The second kappa shape index (κ2) is 35.2. The largest absolute Gasteiger partial charge is 0.251 e. The molecule has 10 aromatic rings. The molecule has 0 spiro atoms. The van der Waals surface area contributed by atoms with Crippen LogP contribution in [0.15, 0.2) is 188 Å². The molecule has 0 unspecified atom stereocenters. The summed E-state index contributed by atoms with van der Waals surface area (Å²) in [5.74, 6) is 3.04. The Kier molecular flexibility index (Phi) is 26.1. The van der Waals surface area contributed by atoms with E-state index in [2.05, 4.69) is 352 Å². The van der Waals surface area contributed by atoms with Crippen molar-refractivity contribution in [2.75, 3.05) is 0 Å². The first kappa shape index (κ1) is 83.3. The predicted molar refractivity (Wildman–Crippen MR) is 486 cm³/mol. The van der Waals surface area contributed by atoms with Gasteiger partial charge in [-0.2, -0.15) is 0 Å². The molecular formula is C104H126N8. The Morgan fingerprint density at radius 1 is 0.241 bits per heavy atom. The van der Waals surface area contributed by atoms with E-state index in [1.165, 1.54) is 99.8 Å². The standard InChI is InChI=1S/C104H126N8/c1-57(2)78-37-31-38-79(58(3)4)97(78)105-69(25)92-43-33-45-94(109-92)71(27)107-99-84(61(9)10)49-73(50-85(99)62(11)12)47-75-53-88(65(17)18)101(89(54-75)66(19)20)111-103-82-41-29-35-77-36-30-42-83(96(77)82)104(103)112-102-90(67(21)22)55-76(56-91(102)68(23)24)48-74-51-86(63(13)14)100(87(52-74)64(15)16)108-72(28)95-46-34-44-93(110-95)70(26)106-98-80(59(5)6)39-32-40-81(98)60(7)8/h29-46,49-68H,47-48H2,1-28H3. The van der Waals surface area contributed by atoms with Gasteiger partial charge < -0.3 is 0 Å². The van der Waals surface area contributed by atoms with Crippen molar-refractivity contribution in [1.82, 2.24) is 9.97 Å². The van der Waals surface area contributed by atoms with Gasteiger partial charge in [-0.1, -0.05) is 300 Å². The summed E-state index contributed by atoms with van der Waals surface area (Å²) in [6, 6.07) is 58.7. The fourth-order valence-electron chi connectivity index (χ4n) is 16.2. The van der Waals surface area contributed by atoms with Gasteiger partial charge in [0.15, 0.2) is 0 Å². The molecule has 0 saturated carbocycles. The van der Waals surface area contributed by atoms with Gasteiger partial charge in [0.2, 0.25) is 0 Å². The zero-order valence-electron chi connectivity index (χ0n) is 72.9. The molecule has 0 fully saturated rings. The number of aromatic nitrogens is 2. The lowest BCUT2D eigenvalue weighted by Crippen LogP contribution is -2.12. The third-order valence-corrected chi connectivity index (χ3v) is 22.6. The number of nitrogens with zero attached hydrogens (tertiary/aromatic N) is 8. The molecule has 0 atom stereocenters. The van der Waals surface area contributed by atoms with Crippen molar-refractivity contribution in [3.8, 4) is 0 Å². The maximum atomic E-state index is 6.05. The minimum Gasteiger partial charge on any atom is -0.251 e. The lowest BCUT2D eigenvalue weighted by atomic mass is 9.86. The van der Waals surface area contributed by atoms with Gasteiger partial charge in [0.25, 0.3) is 0 Å². The summed E-state index contributed by atoms with van der Waals surface area (Å²) in [7, 11) is 0. The summed E-state index contributed by atoms with van der Waals surface area (Å²) in [6.07, 6.45) is 1.55. The number of rotatable bonds is 26. The zero-order valence-corrected chi connectivity index (χ0v) is 72.9. The molecule has 1 aliphatic rings. The van der Waals surface area contributed by atoms with E-state index in [1.54, 1.807) is 0 Å². The van der Waals surface area contributed by atoms with E-state index in [0.29, 0.717) is 23.7 Å². The van der Waals surface area contributed by atoms with Crippen molar-refractivity contribution in [1.29, 1.82) is 0 Å². The Morgan fingerprint density at radius 2 is 0.438 bits per heavy atom. The van der Waals surface area contributed by atoms with Crippen LogP contribution in [0.2, 0.25) is 0 Å². The summed E-state index contributed by atoms with van der Waals surface area (Å²) >= 11 is 0. The zero-order chi connectivity index (χ0) is 81.2. The van der Waals surface area contributed by atoms with E-state index in [4.69, 9.17) is 39.9 Å². The number of benzene rings is 8. The number of hydrogen-bond donors (Lipinski definition) is 0. The summed E-state index contributed by atoms with van der Waals surface area (Å²) < 4.78 is 0. The molecule has 1 aliphatic carbocycles. The number of hydrogen-bond acceptors (Lipinski definition) is 8. The first-order chi connectivity index (χ1) is 53.1. The van der Waals surface area contributed by atoms with Gasteiger partial charge >= 0.3 is 0 Å². The number of para-hydroxylation sites is 2. The van der Waals surface area contributed by atoms with Crippen molar-refractivity contribution in [3.63, 3.8) is 0 Å². The van der Waals surface area contributed by atoms with Crippen LogP contribution in [0.1, 0.15) is 388 Å². The molecule has 112 heavy (non-hydrogen) atoms. The molecule has 8 heteroatoms. The van der Waals surface area contributed by atoms with Gasteiger partial charge in [-0.25, -0.2) is 20.0 Å². The molecule has 0 radical (unpaired) electrons. The van der Waals surface area contributed by atoms with Crippen LogP contribution in [-0.2, 0) is 12.8 Å². The predicted octanol–water partition coefficient (Wildman–Crippen LogP) is 30.1. The Balaban J connectivity index is 0.955. The molecule has 8 nitrogen and oxygen atoms in total. The van der Waals surface area contributed by atoms with Crippen LogP contribution >= 0.6 is 0 Å². The van der Waals surface area contributed by atoms with Crippen molar-refractivity contribution >= 4 is 79.2 Å². The van der Waals surface area contributed by atoms with Crippen LogP contribution in [0.3, 0.4) is 0 Å². The fraction of sp³-hybridized carbons (Fsp3) is 0.404. The van der Waals surface area contributed by atoms with E-state index in [1.807, 2.05) is 0 Å². The van der Waals surface area contributed by atoms with E-state index in [9.17, 15) is 0 Å². The quantitative estimate of drug-likeness (QED) is 0.0505. The van der Waals surface area contributed by atoms with E-state index in [0.717, 1.165) is 115 Å². The van der Waals surface area contributed by atoms with Crippen LogP contribution in [0.25, 0.3) is 10.8 Å². The molecule has 0 aliphatic heterocycles. The third-order valence-electron chi connectivity index (χ3n) is 22.6. The Bertz CT molecular complexity index is 4860. The lowest BCUT2D eigenvalue weighted by molar-refractivity contribution is 0.823.